The second kappa shape index (κ2) is 5.78. The Morgan fingerprint density at radius 3 is 3.05 bits per heavy atom. The van der Waals surface area contributed by atoms with E-state index in [4.69, 9.17) is 0 Å². The number of hydrogen-bond donors (Lipinski definition) is 2. The Kier molecular flexibility index (Phi) is 3.68. The fourth-order valence-electron chi connectivity index (χ4n) is 2.55. The van der Waals surface area contributed by atoms with Crippen LogP contribution in [0.3, 0.4) is 0 Å². The van der Waals surface area contributed by atoms with Gasteiger partial charge >= 0.3 is 5.69 Å². The first kappa shape index (κ1) is 13.4. The van der Waals surface area contributed by atoms with Gasteiger partial charge in [-0.2, -0.15) is 0 Å². The van der Waals surface area contributed by atoms with Gasteiger partial charge in [0.05, 0.1) is 4.92 Å². The van der Waals surface area contributed by atoms with Crippen LogP contribution in [0, 0.1) is 10.1 Å². The molecular weight excluding hydrogens is 268 g/mol. The molecule has 3 rings (SSSR count). The van der Waals surface area contributed by atoms with E-state index in [0.29, 0.717) is 12.4 Å². The van der Waals surface area contributed by atoms with Crippen LogP contribution in [0.15, 0.2) is 42.6 Å². The molecule has 2 aromatic rings. The van der Waals surface area contributed by atoms with Gasteiger partial charge in [0, 0.05) is 30.5 Å². The van der Waals surface area contributed by atoms with Gasteiger partial charge in [-0.05, 0) is 30.5 Å². The minimum atomic E-state index is -0.418. The normalized spacial score (nSPS) is 16.7. The Morgan fingerprint density at radius 2 is 2.19 bits per heavy atom. The molecule has 0 fully saturated rings. The highest BCUT2D eigenvalue weighted by Crippen LogP contribution is 2.25. The van der Waals surface area contributed by atoms with Gasteiger partial charge in [0.2, 0.25) is 5.82 Å². The molecule has 2 N–H and O–H groups in total. The lowest BCUT2D eigenvalue weighted by Crippen LogP contribution is -2.32. The van der Waals surface area contributed by atoms with Crippen molar-refractivity contribution in [1.82, 2.24) is 4.98 Å². The van der Waals surface area contributed by atoms with Crippen molar-refractivity contribution < 1.29 is 4.92 Å². The summed E-state index contributed by atoms with van der Waals surface area (Å²) < 4.78 is 0. The molecule has 21 heavy (non-hydrogen) atoms. The molecular formula is C15H16N4O2. The zero-order valence-corrected chi connectivity index (χ0v) is 11.5. The minimum Gasteiger partial charge on any atom is -0.380 e. The summed E-state index contributed by atoms with van der Waals surface area (Å²) in [4.78, 5) is 14.6. The van der Waals surface area contributed by atoms with E-state index in [1.165, 1.54) is 11.6 Å². The van der Waals surface area contributed by atoms with Crippen LogP contribution in [0.1, 0.15) is 12.0 Å². The number of aryl methyl sites for hydroxylation is 1. The summed E-state index contributed by atoms with van der Waals surface area (Å²) in [5.74, 6) is 0.322. The Balaban J connectivity index is 1.66. The predicted molar refractivity (Wildman–Crippen MR) is 81.6 cm³/mol. The van der Waals surface area contributed by atoms with Crippen LogP contribution in [-0.4, -0.2) is 22.5 Å². The second-order valence-electron chi connectivity index (χ2n) is 5.05. The Labute approximate surface area is 122 Å². The summed E-state index contributed by atoms with van der Waals surface area (Å²) in [5.41, 5.74) is 2.47. The maximum Gasteiger partial charge on any atom is 0.311 e. The number of benzene rings is 1. The lowest BCUT2D eigenvalue weighted by molar-refractivity contribution is -0.384. The Morgan fingerprint density at radius 1 is 1.33 bits per heavy atom. The number of hydrogen-bond acceptors (Lipinski definition) is 5. The van der Waals surface area contributed by atoms with Gasteiger partial charge < -0.3 is 10.6 Å². The summed E-state index contributed by atoms with van der Waals surface area (Å²) in [6.07, 6.45) is 3.56. The van der Waals surface area contributed by atoms with E-state index in [9.17, 15) is 10.1 Å². The number of pyridine rings is 1. The second-order valence-corrected chi connectivity index (χ2v) is 5.05. The molecule has 1 aromatic heterocycles. The maximum atomic E-state index is 10.9. The van der Waals surface area contributed by atoms with Crippen LogP contribution in [0.2, 0.25) is 0 Å². The van der Waals surface area contributed by atoms with Crippen molar-refractivity contribution in [3.05, 3.63) is 58.3 Å². The quantitative estimate of drug-likeness (QED) is 0.666. The SMILES string of the molecule is O=[N+]([O-])c1cccnc1NCC1CCc2ccccc2N1. The lowest BCUT2D eigenvalue weighted by Gasteiger charge is -2.27. The Bertz CT molecular complexity index is 660. The summed E-state index contributed by atoms with van der Waals surface area (Å²) in [6.45, 7) is 0.603. The number of aromatic nitrogens is 1. The molecule has 2 heterocycles. The molecule has 0 saturated heterocycles. The average Bonchev–Trinajstić information content (AvgIpc) is 2.53. The van der Waals surface area contributed by atoms with Crippen LogP contribution in [0.4, 0.5) is 17.2 Å². The van der Waals surface area contributed by atoms with Crippen molar-refractivity contribution in [2.24, 2.45) is 0 Å². The zero-order chi connectivity index (χ0) is 14.7. The first-order chi connectivity index (χ1) is 10.2. The van der Waals surface area contributed by atoms with E-state index in [1.54, 1.807) is 12.3 Å². The molecule has 1 atom stereocenters. The van der Waals surface area contributed by atoms with Gasteiger partial charge in [0.15, 0.2) is 0 Å². The summed E-state index contributed by atoms with van der Waals surface area (Å²) >= 11 is 0. The zero-order valence-electron chi connectivity index (χ0n) is 11.5. The van der Waals surface area contributed by atoms with Crippen LogP contribution in [0.5, 0.6) is 0 Å². The van der Waals surface area contributed by atoms with Crippen molar-refractivity contribution in [1.29, 1.82) is 0 Å². The van der Waals surface area contributed by atoms with E-state index in [1.807, 2.05) is 12.1 Å². The smallest absolute Gasteiger partial charge is 0.311 e. The molecule has 108 valence electrons. The summed E-state index contributed by atoms with van der Waals surface area (Å²) in [6, 6.07) is 11.5. The molecule has 1 aliphatic rings. The van der Waals surface area contributed by atoms with E-state index < -0.39 is 4.92 Å². The minimum absolute atomic E-state index is 0.00806. The standard InChI is InChI=1S/C15H16N4O2/c20-19(21)14-6-3-9-16-15(14)17-10-12-8-7-11-4-1-2-5-13(11)18-12/h1-6,9,12,18H,7-8,10H2,(H,16,17). The number of para-hydroxylation sites is 1. The van der Waals surface area contributed by atoms with Gasteiger partial charge in [0.1, 0.15) is 0 Å². The maximum absolute atomic E-state index is 10.9. The van der Waals surface area contributed by atoms with Crippen molar-refractivity contribution in [3.8, 4) is 0 Å². The highest BCUT2D eigenvalue weighted by molar-refractivity contribution is 5.57. The third-order valence-electron chi connectivity index (χ3n) is 3.64. The number of nitrogens with one attached hydrogen (secondary N) is 2. The number of rotatable bonds is 4. The highest BCUT2D eigenvalue weighted by Gasteiger charge is 2.19. The van der Waals surface area contributed by atoms with E-state index in [2.05, 4.69) is 27.8 Å². The topological polar surface area (TPSA) is 80.1 Å². The molecule has 1 unspecified atom stereocenters. The number of nitrogens with zero attached hydrogens (tertiary/aromatic N) is 2. The van der Waals surface area contributed by atoms with E-state index >= 15 is 0 Å². The van der Waals surface area contributed by atoms with Crippen LogP contribution in [0.25, 0.3) is 0 Å². The van der Waals surface area contributed by atoms with E-state index in [-0.39, 0.29) is 11.7 Å². The van der Waals surface area contributed by atoms with Crippen LogP contribution < -0.4 is 10.6 Å². The van der Waals surface area contributed by atoms with Gasteiger partial charge in [-0.15, -0.1) is 0 Å². The van der Waals surface area contributed by atoms with Crippen molar-refractivity contribution in [2.45, 2.75) is 18.9 Å². The number of fused-ring (bicyclic) bond motifs is 1. The monoisotopic (exact) mass is 284 g/mol. The summed E-state index contributed by atoms with van der Waals surface area (Å²) in [7, 11) is 0. The first-order valence-electron chi connectivity index (χ1n) is 6.92. The fourth-order valence-corrected chi connectivity index (χ4v) is 2.55. The van der Waals surface area contributed by atoms with Gasteiger partial charge in [-0.25, -0.2) is 4.98 Å². The largest absolute Gasteiger partial charge is 0.380 e. The van der Waals surface area contributed by atoms with Crippen molar-refractivity contribution in [3.63, 3.8) is 0 Å². The molecule has 0 saturated carbocycles. The summed E-state index contributed by atoms with van der Waals surface area (Å²) in [5, 5.41) is 17.5. The van der Waals surface area contributed by atoms with Crippen LogP contribution >= 0.6 is 0 Å². The van der Waals surface area contributed by atoms with Crippen molar-refractivity contribution >= 4 is 17.2 Å². The molecule has 0 aliphatic carbocycles. The number of nitro groups is 1. The van der Waals surface area contributed by atoms with Crippen LogP contribution in [-0.2, 0) is 6.42 Å². The lowest BCUT2D eigenvalue weighted by atomic mass is 9.98. The van der Waals surface area contributed by atoms with Gasteiger partial charge in [-0.3, -0.25) is 10.1 Å². The molecule has 6 heteroatoms. The number of anilines is 2. The van der Waals surface area contributed by atoms with Gasteiger partial charge in [0.25, 0.3) is 0 Å². The first-order valence-corrected chi connectivity index (χ1v) is 6.92. The molecule has 1 aromatic carbocycles. The fraction of sp³-hybridized carbons (Fsp3) is 0.267. The third-order valence-corrected chi connectivity index (χ3v) is 3.64. The predicted octanol–water partition coefficient (Wildman–Crippen LogP) is 2.83. The third kappa shape index (κ3) is 2.94. The van der Waals surface area contributed by atoms with E-state index in [0.717, 1.165) is 18.5 Å². The molecule has 6 nitrogen and oxygen atoms in total. The highest BCUT2D eigenvalue weighted by atomic mass is 16.6. The molecule has 1 aliphatic heterocycles. The van der Waals surface area contributed by atoms with Crippen molar-refractivity contribution in [2.75, 3.05) is 17.2 Å². The molecule has 0 radical (unpaired) electrons. The average molecular weight is 284 g/mol. The molecule has 0 spiro atoms. The Hall–Kier alpha value is -2.63. The molecule has 0 amide bonds. The molecule has 0 bridgehead atoms. The van der Waals surface area contributed by atoms with Gasteiger partial charge in [-0.1, -0.05) is 18.2 Å².